The first-order valence-electron chi connectivity index (χ1n) is 8.72. The van der Waals surface area contributed by atoms with Crippen molar-refractivity contribution in [2.75, 3.05) is 43.4 Å². The molecule has 0 unspecified atom stereocenters. The summed E-state index contributed by atoms with van der Waals surface area (Å²) in [4.78, 5) is 20.1. The van der Waals surface area contributed by atoms with Gasteiger partial charge in [-0.25, -0.2) is 4.39 Å². The molecule has 26 heavy (non-hydrogen) atoms. The third kappa shape index (κ3) is 3.41. The van der Waals surface area contributed by atoms with Crippen LogP contribution in [0.2, 0.25) is 0 Å². The van der Waals surface area contributed by atoms with Crippen molar-refractivity contribution in [2.45, 2.75) is 0 Å². The number of aromatic nitrogens is 1. The van der Waals surface area contributed by atoms with E-state index in [1.165, 1.54) is 12.1 Å². The molecule has 4 rings (SSSR count). The van der Waals surface area contributed by atoms with Gasteiger partial charge in [0.15, 0.2) is 0 Å². The number of likely N-dealkylation sites (N-methyl/N-ethyl adjacent to an activating group) is 1. The first kappa shape index (κ1) is 16.6. The van der Waals surface area contributed by atoms with Gasteiger partial charge in [0, 0.05) is 48.5 Å². The Balaban J connectivity index is 1.45. The van der Waals surface area contributed by atoms with Gasteiger partial charge in [0.25, 0.3) is 5.91 Å². The number of H-pyrrole nitrogens is 1. The van der Waals surface area contributed by atoms with Crippen LogP contribution < -0.4 is 10.2 Å². The molecule has 2 N–H and O–H groups in total. The van der Waals surface area contributed by atoms with E-state index < -0.39 is 0 Å². The predicted molar refractivity (Wildman–Crippen MR) is 102 cm³/mol. The van der Waals surface area contributed by atoms with Crippen molar-refractivity contribution < 1.29 is 9.18 Å². The molecule has 0 spiro atoms. The van der Waals surface area contributed by atoms with E-state index in [-0.39, 0.29) is 11.7 Å². The number of fused-ring (bicyclic) bond motifs is 1. The van der Waals surface area contributed by atoms with Crippen LogP contribution >= 0.6 is 0 Å². The lowest BCUT2D eigenvalue weighted by molar-refractivity contribution is 0.102. The Kier molecular flexibility index (Phi) is 4.34. The van der Waals surface area contributed by atoms with Crippen LogP contribution in [-0.4, -0.2) is 49.0 Å². The normalized spacial score (nSPS) is 15.4. The minimum Gasteiger partial charge on any atom is -0.369 e. The van der Waals surface area contributed by atoms with Crippen molar-refractivity contribution in [3.05, 3.63) is 60.0 Å². The Morgan fingerprint density at radius 1 is 1.04 bits per heavy atom. The van der Waals surface area contributed by atoms with E-state index in [1.54, 1.807) is 12.1 Å². The van der Waals surface area contributed by atoms with Crippen molar-refractivity contribution in [2.24, 2.45) is 0 Å². The molecule has 6 heteroatoms. The van der Waals surface area contributed by atoms with Crippen LogP contribution in [0.4, 0.5) is 15.8 Å². The standard InChI is InChI=1S/C20H21FN4O/c1-24-8-10-25(11-9-24)17-5-3-16(4-6-17)22-20(26)19-13-14-12-15(21)2-7-18(14)23-19/h2-7,12-13,23H,8-11H2,1H3,(H,22,26). The number of halogens is 1. The molecule has 0 aliphatic carbocycles. The van der Waals surface area contributed by atoms with E-state index in [9.17, 15) is 9.18 Å². The Morgan fingerprint density at radius 3 is 2.50 bits per heavy atom. The van der Waals surface area contributed by atoms with Crippen molar-refractivity contribution in [3.8, 4) is 0 Å². The van der Waals surface area contributed by atoms with E-state index in [2.05, 4.69) is 27.1 Å². The molecule has 0 atom stereocenters. The van der Waals surface area contributed by atoms with Gasteiger partial charge < -0.3 is 20.1 Å². The number of carbonyl (C=O) groups is 1. The molecule has 0 radical (unpaired) electrons. The van der Waals surface area contributed by atoms with Crippen molar-refractivity contribution in [1.29, 1.82) is 0 Å². The molecule has 0 saturated carbocycles. The second-order valence-electron chi connectivity index (χ2n) is 6.71. The smallest absolute Gasteiger partial charge is 0.272 e. The molecular weight excluding hydrogens is 331 g/mol. The lowest BCUT2D eigenvalue weighted by atomic mass is 10.2. The summed E-state index contributed by atoms with van der Waals surface area (Å²) in [7, 11) is 2.13. The van der Waals surface area contributed by atoms with Gasteiger partial charge in [0.2, 0.25) is 0 Å². The highest BCUT2D eigenvalue weighted by molar-refractivity contribution is 6.06. The number of aromatic amines is 1. The molecule has 1 fully saturated rings. The van der Waals surface area contributed by atoms with Crippen LogP contribution in [0.5, 0.6) is 0 Å². The maximum Gasteiger partial charge on any atom is 0.272 e. The minimum absolute atomic E-state index is 0.242. The number of hydrogen-bond acceptors (Lipinski definition) is 3. The van der Waals surface area contributed by atoms with Crippen LogP contribution in [0.25, 0.3) is 10.9 Å². The highest BCUT2D eigenvalue weighted by atomic mass is 19.1. The maximum absolute atomic E-state index is 13.3. The fourth-order valence-corrected chi connectivity index (χ4v) is 3.24. The van der Waals surface area contributed by atoms with E-state index in [0.29, 0.717) is 11.1 Å². The van der Waals surface area contributed by atoms with Crippen molar-refractivity contribution in [3.63, 3.8) is 0 Å². The average Bonchev–Trinajstić information content (AvgIpc) is 3.06. The zero-order valence-electron chi connectivity index (χ0n) is 14.6. The summed E-state index contributed by atoms with van der Waals surface area (Å²) in [5, 5.41) is 3.56. The molecule has 1 aliphatic heterocycles. The van der Waals surface area contributed by atoms with Gasteiger partial charge >= 0.3 is 0 Å². The highest BCUT2D eigenvalue weighted by Crippen LogP contribution is 2.21. The third-order valence-electron chi connectivity index (χ3n) is 4.82. The van der Waals surface area contributed by atoms with Gasteiger partial charge in [0.05, 0.1) is 0 Å². The molecule has 1 amide bonds. The molecule has 2 heterocycles. The summed E-state index contributed by atoms with van der Waals surface area (Å²) in [6.07, 6.45) is 0. The zero-order chi connectivity index (χ0) is 18.1. The van der Waals surface area contributed by atoms with Crippen LogP contribution in [0.1, 0.15) is 10.5 Å². The number of carbonyl (C=O) groups excluding carboxylic acids is 1. The van der Waals surface area contributed by atoms with Crippen molar-refractivity contribution >= 4 is 28.2 Å². The summed E-state index contributed by atoms with van der Waals surface area (Å²) < 4.78 is 13.3. The maximum atomic E-state index is 13.3. The zero-order valence-corrected chi connectivity index (χ0v) is 14.6. The lowest BCUT2D eigenvalue weighted by Gasteiger charge is -2.34. The average molecular weight is 352 g/mol. The Morgan fingerprint density at radius 2 is 1.77 bits per heavy atom. The number of benzene rings is 2. The largest absolute Gasteiger partial charge is 0.369 e. The van der Waals surface area contributed by atoms with Crippen LogP contribution in [0, 0.1) is 5.82 Å². The van der Waals surface area contributed by atoms with Gasteiger partial charge in [-0.2, -0.15) is 0 Å². The summed E-state index contributed by atoms with van der Waals surface area (Å²) in [6, 6.07) is 14.0. The number of amides is 1. The Bertz CT molecular complexity index is 927. The summed E-state index contributed by atoms with van der Waals surface area (Å²) in [5.41, 5.74) is 3.05. The van der Waals surface area contributed by atoms with Gasteiger partial charge in [-0.1, -0.05) is 0 Å². The number of anilines is 2. The van der Waals surface area contributed by atoms with Crippen molar-refractivity contribution in [1.82, 2.24) is 9.88 Å². The topological polar surface area (TPSA) is 51.4 Å². The molecule has 1 saturated heterocycles. The summed E-state index contributed by atoms with van der Waals surface area (Å²) in [6.45, 7) is 4.13. The SMILES string of the molecule is CN1CCN(c2ccc(NC(=O)c3cc4cc(F)ccc4[nH]3)cc2)CC1. The first-order chi connectivity index (χ1) is 12.6. The lowest BCUT2D eigenvalue weighted by Crippen LogP contribution is -2.44. The predicted octanol–water partition coefficient (Wildman–Crippen LogP) is 3.31. The van der Waals surface area contributed by atoms with Gasteiger partial charge in [-0.05, 0) is 55.6 Å². The first-order valence-corrected chi connectivity index (χ1v) is 8.72. The van der Waals surface area contributed by atoms with Gasteiger partial charge in [-0.15, -0.1) is 0 Å². The van der Waals surface area contributed by atoms with Crippen LogP contribution in [0.3, 0.4) is 0 Å². The van der Waals surface area contributed by atoms with Gasteiger partial charge in [0.1, 0.15) is 11.5 Å². The molecule has 1 aromatic heterocycles. The van der Waals surface area contributed by atoms with Crippen LogP contribution in [0.15, 0.2) is 48.5 Å². The molecule has 5 nitrogen and oxygen atoms in total. The van der Waals surface area contributed by atoms with E-state index in [4.69, 9.17) is 0 Å². The molecule has 0 bridgehead atoms. The number of nitrogens with one attached hydrogen (secondary N) is 2. The van der Waals surface area contributed by atoms with E-state index >= 15 is 0 Å². The molecular formula is C20H21FN4O. The highest BCUT2D eigenvalue weighted by Gasteiger charge is 2.15. The van der Waals surface area contributed by atoms with E-state index in [0.717, 1.165) is 43.1 Å². The second kappa shape index (κ2) is 6.80. The summed E-state index contributed by atoms with van der Waals surface area (Å²) in [5.74, 6) is -0.558. The second-order valence-corrected chi connectivity index (χ2v) is 6.71. The van der Waals surface area contributed by atoms with Gasteiger partial charge in [-0.3, -0.25) is 4.79 Å². The molecule has 134 valence electrons. The molecule has 1 aliphatic rings. The number of hydrogen-bond donors (Lipinski definition) is 2. The number of piperazine rings is 1. The van der Waals surface area contributed by atoms with E-state index in [1.807, 2.05) is 24.3 Å². The Labute approximate surface area is 151 Å². The quantitative estimate of drug-likeness (QED) is 0.760. The number of rotatable bonds is 3. The fourth-order valence-electron chi connectivity index (χ4n) is 3.24. The Hall–Kier alpha value is -2.86. The minimum atomic E-state index is -0.317. The third-order valence-corrected chi connectivity index (χ3v) is 4.82. The molecule has 3 aromatic rings. The monoisotopic (exact) mass is 352 g/mol. The molecule has 2 aromatic carbocycles. The van der Waals surface area contributed by atoms with Crippen LogP contribution in [-0.2, 0) is 0 Å². The summed E-state index contributed by atoms with van der Waals surface area (Å²) >= 11 is 0. The number of nitrogens with zero attached hydrogens (tertiary/aromatic N) is 2. The fraction of sp³-hybridized carbons (Fsp3) is 0.250.